The molecule has 7 heteroatoms. The van der Waals surface area contributed by atoms with Crippen LogP contribution >= 0.6 is 22.6 Å². The molecule has 0 aliphatic carbocycles. The molecule has 1 heterocycles. The summed E-state index contributed by atoms with van der Waals surface area (Å²) in [5, 5.41) is 14.5. The van der Waals surface area contributed by atoms with E-state index in [9.17, 15) is 14.9 Å². The largest absolute Gasteiger partial charge is 0.320 e. The van der Waals surface area contributed by atoms with Crippen LogP contribution in [0.4, 0.5) is 11.4 Å². The minimum Gasteiger partial charge on any atom is -0.320 e. The molecule has 2 aromatic carbocycles. The molecule has 0 spiro atoms. The number of nitrogens with zero attached hydrogens (tertiary/aromatic N) is 2. The fourth-order valence-corrected chi connectivity index (χ4v) is 2.94. The molecule has 0 aliphatic rings. The Balaban J connectivity index is 1.94. The highest BCUT2D eigenvalue weighted by Crippen LogP contribution is 2.24. The number of nitro benzene ring substituents is 1. The van der Waals surface area contributed by atoms with Gasteiger partial charge in [-0.1, -0.05) is 18.2 Å². The van der Waals surface area contributed by atoms with Crippen LogP contribution in [0.3, 0.4) is 0 Å². The van der Waals surface area contributed by atoms with E-state index in [1.165, 1.54) is 18.2 Å². The Labute approximate surface area is 144 Å². The van der Waals surface area contributed by atoms with Crippen molar-refractivity contribution in [2.24, 2.45) is 0 Å². The Kier molecular flexibility index (Phi) is 4.20. The average molecular weight is 419 g/mol. The minimum atomic E-state index is -0.488. The van der Waals surface area contributed by atoms with Gasteiger partial charge in [0, 0.05) is 27.3 Å². The third-order valence-corrected chi connectivity index (χ3v) is 4.18. The van der Waals surface area contributed by atoms with Crippen molar-refractivity contribution in [1.82, 2.24) is 4.98 Å². The van der Waals surface area contributed by atoms with Gasteiger partial charge in [-0.2, -0.15) is 0 Å². The van der Waals surface area contributed by atoms with E-state index < -0.39 is 4.92 Å². The lowest BCUT2D eigenvalue weighted by molar-refractivity contribution is -0.384. The van der Waals surface area contributed by atoms with E-state index in [1.807, 2.05) is 46.9 Å². The van der Waals surface area contributed by atoms with Gasteiger partial charge >= 0.3 is 0 Å². The number of non-ortho nitro benzene ring substituents is 1. The molecule has 1 N–H and O–H groups in total. The molecule has 0 radical (unpaired) electrons. The van der Waals surface area contributed by atoms with E-state index in [4.69, 9.17) is 0 Å². The van der Waals surface area contributed by atoms with Gasteiger partial charge in [0.2, 0.25) is 0 Å². The summed E-state index contributed by atoms with van der Waals surface area (Å²) >= 11 is 1.91. The molecule has 0 unspecified atom stereocenters. The number of pyridine rings is 1. The molecule has 1 amide bonds. The molecule has 6 nitrogen and oxygen atoms in total. The summed E-state index contributed by atoms with van der Waals surface area (Å²) < 4.78 is 0.516. The molecule has 1 aromatic heterocycles. The zero-order chi connectivity index (χ0) is 16.4. The second-order valence-electron chi connectivity index (χ2n) is 4.76. The number of benzene rings is 2. The number of hydrogen-bond acceptors (Lipinski definition) is 4. The number of nitro groups is 1. The first-order chi connectivity index (χ1) is 11.1. The summed E-state index contributed by atoms with van der Waals surface area (Å²) in [6.45, 7) is 0. The molecule has 0 bridgehead atoms. The molecule has 0 fully saturated rings. The van der Waals surface area contributed by atoms with Crippen LogP contribution in [0.1, 0.15) is 10.4 Å². The van der Waals surface area contributed by atoms with Gasteiger partial charge in [0.25, 0.3) is 11.6 Å². The normalized spacial score (nSPS) is 10.5. The predicted molar refractivity (Wildman–Crippen MR) is 95.5 cm³/mol. The van der Waals surface area contributed by atoms with Crippen molar-refractivity contribution in [3.8, 4) is 0 Å². The monoisotopic (exact) mass is 419 g/mol. The number of aromatic nitrogens is 1. The van der Waals surface area contributed by atoms with Crippen molar-refractivity contribution < 1.29 is 9.72 Å². The first-order valence-electron chi connectivity index (χ1n) is 6.65. The highest BCUT2D eigenvalue weighted by Gasteiger charge is 2.15. The quantitative estimate of drug-likeness (QED) is 0.395. The number of halogens is 1. The van der Waals surface area contributed by atoms with Crippen molar-refractivity contribution in [2.45, 2.75) is 0 Å². The van der Waals surface area contributed by atoms with Crippen LogP contribution in [0.15, 0.2) is 54.7 Å². The van der Waals surface area contributed by atoms with E-state index in [0.29, 0.717) is 20.3 Å². The van der Waals surface area contributed by atoms with Crippen molar-refractivity contribution in [2.75, 3.05) is 5.32 Å². The molecular formula is C16H10IN3O3. The fraction of sp³-hybridized carbons (Fsp3) is 0. The van der Waals surface area contributed by atoms with Gasteiger partial charge in [-0.3, -0.25) is 19.9 Å². The molecule has 3 aromatic rings. The lowest BCUT2D eigenvalue weighted by Gasteiger charge is -2.09. The number of nitrogens with one attached hydrogen (secondary N) is 1. The van der Waals surface area contributed by atoms with Crippen LogP contribution in [-0.2, 0) is 0 Å². The van der Waals surface area contributed by atoms with Gasteiger partial charge in [-0.05, 0) is 40.8 Å². The maximum absolute atomic E-state index is 12.4. The Hall–Kier alpha value is -2.55. The Morgan fingerprint density at radius 3 is 2.70 bits per heavy atom. The highest BCUT2D eigenvalue weighted by atomic mass is 127. The number of carbonyl (C=O) groups excluding carboxylic acids is 1. The van der Waals surface area contributed by atoms with Crippen LogP contribution in [-0.4, -0.2) is 15.8 Å². The van der Waals surface area contributed by atoms with E-state index in [-0.39, 0.29) is 11.6 Å². The number of anilines is 1. The van der Waals surface area contributed by atoms with E-state index in [1.54, 1.807) is 12.3 Å². The molecular weight excluding hydrogens is 409 g/mol. The van der Waals surface area contributed by atoms with Crippen LogP contribution < -0.4 is 5.32 Å². The number of rotatable bonds is 3. The lowest BCUT2D eigenvalue weighted by atomic mass is 10.1. The molecule has 0 aliphatic heterocycles. The van der Waals surface area contributed by atoms with Gasteiger partial charge in [-0.15, -0.1) is 0 Å². The number of para-hydroxylation sites is 1. The van der Waals surface area contributed by atoms with Crippen molar-refractivity contribution in [3.63, 3.8) is 0 Å². The van der Waals surface area contributed by atoms with Gasteiger partial charge in [0.1, 0.15) is 0 Å². The molecule has 23 heavy (non-hydrogen) atoms. The Morgan fingerprint density at radius 1 is 1.17 bits per heavy atom. The lowest BCUT2D eigenvalue weighted by Crippen LogP contribution is -2.14. The average Bonchev–Trinajstić information content (AvgIpc) is 2.55. The van der Waals surface area contributed by atoms with E-state index >= 15 is 0 Å². The van der Waals surface area contributed by atoms with Crippen LogP contribution in [0.2, 0.25) is 0 Å². The molecule has 0 saturated carbocycles. The van der Waals surface area contributed by atoms with Crippen LogP contribution in [0.25, 0.3) is 10.9 Å². The standard InChI is InChI=1S/C16H10IN3O3/c17-13-9-11(20(22)23)6-7-12(13)16(21)19-14-5-1-3-10-4-2-8-18-15(10)14/h1-9H,(H,19,21). The van der Waals surface area contributed by atoms with Crippen LogP contribution in [0.5, 0.6) is 0 Å². The highest BCUT2D eigenvalue weighted by molar-refractivity contribution is 14.1. The summed E-state index contributed by atoms with van der Waals surface area (Å²) in [6, 6.07) is 13.4. The van der Waals surface area contributed by atoms with Gasteiger partial charge in [0.15, 0.2) is 0 Å². The van der Waals surface area contributed by atoms with Gasteiger partial charge in [0.05, 0.1) is 21.7 Å². The third kappa shape index (κ3) is 3.14. The molecule has 0 saturated heterocycles. The van der Waals surface area contributed by atoms with Gasteiger partial charge < -0.3 is 5.32 Å². The van der Waals surface area contributed by atoms with Gasteiger partial charge in [-0.25, -0.2) is 0 Å². The maximum Gasteiger partial charge on any atom is 0.270 e. The maximum atomic E-state index is 12.4. The zero-order valence-corrected chi connectivity index (χ0v) is 13.9. The number of hydrogen-bond donors (Lipinski definition) is 1. The van der Waals surface area contributed by atoms with Crippen molar-refractivity contribution in [1.29, 1.82) is 0 Å². The van der Waals surface area contributed by atoms with E-state index in [0.717, 1.165) is 5.39 Å². The zero-order valence-electron chi connectivity index (χ0n) is 11.7. The smallest absolute Gasteiger partial charge is 0.270 e. The molecule has 0 atom stereocenters. The van der Waals surface area contributed by atoms with Crippen molar-refractivity contribution >= 4 is 50.8 Å². The first-order valence-corrected chi connectivity index (χ1v) is 7.73. The fourth-order valence-electron chi connectivity index (χ4n) is 2.20. The molecule has 3 rings (SSSR count). The summed E-state index contributed by atoms with van der Waals surface area (Å²) in [6.07, 6.45) is 1.66. The predicted octanol–water partition coefficient (Wildman–Crippen LogP) is 4.00. The second kappa shape index (κ2) is 6.29. The summed E-state index contributed by atoms with van der Waals surface area (Å²) in [5.74, 6) is -0.331. The first kappa shape index (κ1) is 15.3. The minimum absolute atomic E-state index is 0.0437. The number of carbonyl (C=O) groups is 1. The second-order valence-corrected chi connectivity index (χ2v) is 5.92. The summed E-state index contributed by atoms with van der Waals surface area (Å²) in [4.78, 5) is 27.0. The third-order valence-electron chi connectivity index (χ3n) is 3.29. The van der Waals surface area contributed by atoms with Crippen molar-refractivity contribution in [3.05, 3.63) is 74.0 Å². The number of fused-ring (bicyclic) bond motifs is 1. The number of amides is 1. The topological polar surface area (TPSA) is 85.1 Å². The van der Waals surface area contributed by atoms with Crippen LogP contribution in [0, 0.1) is 13.7 Å². The van der Waals surface area contributed by atoms with E-state index in [2.05, 4.69) is 10.3 Å². The summed E-state index contributed by atoms with van der Waals surface area (Å²) in [7, 11) is 0. The summed E-state index contributed by atoms with van der Waals surface area (Å²) in [5.41, 5.74) is 1.63. The Bertz CT molecular complexity index is 922. The SMILES string of the molecule is O=C(Nc1cccc2cccnc12)c1ccc([N+](=O)[O-])cc1I. The molecule has 114 valence electrons. The Morgan fingerprint density at radius 2 is 1.96 bits per heavy atom.